The normalized spacial score (nSPS) is 16.9. The summed E-state index contributed by atoms with van der Waals surface area (Å²) in [5.74, 6) is 0.0995. The quantitative estimate of drug-likeness (QED) is 0.738. The number of benzene rings is 1. The molecule has 0 bridgehead atoms. The van der Waals surface area contributed by atoms with Crippen molar-refractivity contribution in [2.45, 2.75) is 44.9 Å². The molecule has 2 N–H and O–H groups in total. The summed E-state index contributed by atoms with van der Waals surface area (Å²) in [5.41, 5.74) is 3.04. The highest BCUT2D eigenvalue weighted by molar-refractivity contribution is 5.94. The number of likely N-dealkylation sites (tertiary alicyclic amines) is 1. The van der Waals surface area contributed by atoms with Gasteiger partial charge in [-0.3, -0.25) is 9.59 Å². The van der Waals surface area contributed by atoms with Crippen LogP contribution in [0.4, 0.5) is 5.69 Å². The summed E-state index contributed by atoms with van der Waals surface area (Å²) in [6.07, 6.45) is 10.4. The molecule has 0 spiro atoms. The Morgan fingerprint density at radius 2 is 1.77 bits per heavy atom. The summed E-state index contributed by atoms with van der Waals surface area (Å²) in [5, 5.41) is 6.08. The fourth-order valence-corrected chi connectivity index (χ4v) is 3.57. The number of rotatable bonds is 7. The molecule has 2 aliphatic rings. The molecule has 3 rings (SSSR count). The smallest absolute Gasteiger partial charge is 0.253 e. The van der Waals surface area contributed by atoms with Crippen LogP contribution >= 0.6 is 0 Å². The number of allylic oxidation sites excluding steroid dienone is 1. The minimum atomic E-state index is -0.00127. The average molecular weight is 355 g/mol. The van der Waals surface area contributed by atoms with Crippen molar-refractivity contribution in [3.63, 3.8) is 0 Å². The topological polar surface area (TPSA) is 61.4 Å². The van der Waals surface area contributed by atoms with E-state index in [0.717, 1.165) is 38.0 Å². The summed E-state index contributed by atoms with van der Waals surface area (Å²) in [6, 6.07) is 7.39. The van der Waals surface area contributed by atoms with Gasteiger partial charge in [0.2, 0.25) is 5.91 Å². The molecule has 5 nitrogen and oxygen atoms in total. The number of hydrogen-bond acceptors (Lipinski definition) is 3. The fraction of sp³-hybridized carbons (Fsp3) is 0.524. The van der Waals surface area contributed by atoms with Crippen LogP contribution in [0.3, 0.4) is 0 Å². The van der Waals surface area contributed by atoms with Crippen LogP contribution in [0.5, 0.6) is 0 Å². The molecular formula is C21H29N3O2. The molecule has 26 heavy (non-hydrogen) atoms. The zero-order chi connectivity index (χ0) is 18.2. The van der Waals surface area contributed by atoms with Gasteiger partial charge in [-0.15, -0.1) is 0 Å². The standard InChI is InChI=1S/C21H29N3O2/c25-20(22-13-12-17-6-2-1-3-7-17)16-23-19-10-8-18(9-11-19)21(26)24-14-4-5-15-24/h6,8-11,23H,1-5,7,12-16H2,(H,22,25). The Bertz CT molecular complexity index is 646. The molecule has 5 heteroatoms. The minimum absolute atomic E-state index is 0.00127. The van der Waals surface area contributed by atoms with Crippen LogP contribution in [0.1, 0.15) is 55.3 Å². The molecule has 1 aromatic carbocycles. The molecule has 1 saturated heterocycles. The molecule has 140 valence electrons. The van der Waals surface area contributed by atoms with Crippen molar-refractivity contribution in [1.29, 1.82) is 0 Å². The number of nitrogens with one attached hydrogen (secondary N) is 2. The number of amides is 2. The molecule has 1 aliphatic heterocycles. The van der Waals surface area contributed by atoms with E-state index in [1.54, 1.807) is 0 Å². The first kappa shape index (κ1) is 18.5. The van der Waals surface area contributed by atoms with Crippen LogP contribution in [-0.4, -0.2) is 42.9 Å². The number of hydrogen-bond donors (Lipinski definition) is 2. The second-order valence-electron chi connectivity index (χ2n) is 7.14. The molecule has 0 saturated carbocycles. The first-order valence-electron chi connectivity index (χ1n) is 9.80. The Labute approximate surface area is 155 Å². The highest BCUT2D eigenvalue weighted by atomic mass is 16.2. The van der Waals surface area contributed by atoms with Crippen molar-refractivity contribution in [2.75, 3.05) is 31.5 Å². The van der Waals surface area contributed by atoms with Gasteiger partial charge in [0.25, 0.3) is 5.91 Å². The van der Waals surface area contributed by atoms with Gasteiger partial charge in [0.05, 0.1) is 6.54 Å². The summed E-state index contributed by atoms with van der Waals surface area (Å²) < 4.78 is 0. The van der Waals surface area contributed by atoms with E-state index in [9.17, 15) is 9.59 Å². The molecule has 0 atom stereocenters. The van der Waals surface area contributed by atoms with Crippen LogP contribution in [0.15, 0.2) is 35.9 Å². The predicted molar refractivity (Wildman–Crippen MR) is 104 cm³/mol. The number of anilines is 1. The Hall–Kier alpha value is -2.30. The molecule has 0 unspecified atom stereocenters. The van der Waals surface area contributed by atoms with E-state index in [-0.39, 0.29) is 18.4 Å². The molecule has 0 aromatic heterocycles. The lowest BCUT2D eigenvalue weighted by Crippen LogP contribution is -2.31. The Morgan fingerprint density at radius 3 is 2.46 bits per heavy atom. The zero-order valence-corrected chi connectivity index (χ0v) is 15.4. The maximum Gasteiger partial charge on any atom is 0.253 e. The van der Waals surface area contributed by atoms with Crippen molar-refractivity contribution in [2.24, 2.45) is 0 Å². The van der Waals surface area contributed by atoms with E-state index < -0.39 is 0 Å². The maximum absolute atomic E-state index is 12.3. The third-order valence-electron chi connectivity index (χ3n) is 5.13. The molecule has 0 radical (unpaired) electrons. The van der Waals surface area contributed by atoms with Crippen molar-refractivity contribution >= 4 is 17.5 Å². The zero-order valence-electron chi connectivity index (χ0n) is 15.4. The van der Waals surface area contributed by atoms with Gasteiger partial charge in [0, 0.05) is 30.9 Å². The largest absolute Gasteiger partial charge is 0.376 e. The lowest BCUT2D eigenvalue weighted by atomic mass is 9.97. The van der Waals surface area contributed by atoms with E-state index in [2.05, 4.69) is 16.7 Å². The second kappa shape index (κ2) is 9.41. The average Bonchev–Trinajstić information content (AvgIpc) is 3.22. The number of carbonyl (C=O) groups excluding carboxylic acids is 2. The third-order valence-corrected chi connectivity index (χ3v) is 5.13. The van der Waals surface area contributed by atoms with Gasteiger partial charge in [0.15, 0.2) is 0 Å². The van der Waals surface area contributed by atoms with E-state index in [1.165, 1.54) is 31.3 Å². The molecule has 1 aromatic rings. The molecule has 1 heterocycles. The van der Waals surface area contributed by atoms with Crippen LogP contribution in [0, 0.1) is 0 Å². The SMILES string of the molecule is O=C(CNc1ccc(C(=O)N2CCCC2)cc1)NCCC1=CCCCC1. The lowest BCUT2D eigenvalue weighted by molar-refractivity contribution is -0.119. The van der Waals surface area contributed by atoms with Crippen LogP contribution in [-0.2, 0) is 4.79 Å². The monoisotopic (exact) mass is 355 g/mol. The number of carbonyl (C=O) groups is 2. The highest BCUT2D eigenvalue weighted by Gasteiger charge is 2.19. The van der Waals surface area contributed by atoms with Gasteiger partial charge in [-0.1, -0.05) is 11.6 Å². The maximum atomic E-state index is 12.3. The lowest BCUT2D eigenvalue weighted by Gasteiger charge is -2.15. The van der Waals surface area contributed by atoms with Gasteiger partial charge in [-0.2, -0.15) is 0 Å². The first-order valence-corrected chi connectivity index (χ1v) is 9.80. The van der Waals surface area contributed by atoms with E-state index >= 15 is 0 Å². The Balaban J connectivity index is 1.37. The van der Waals surface area contributed by atoms with Gasteiger partial charge < -0.3 is 15.5 Å². The van der Waals surface area contributed by atoms with Crippen LogP contribution in [0.25, 0.3) is 0 Å². The summed E-state index contributed by atoms with van der Waals surface area (Å²) in [4.78, 5) is 26.2. The Morgan fingerprint density at radius 1 is 1.00 bits per heavy atom. The van der Waals surface area contributed by atoms with E-state index in [0.29, 0.717) is 12.1 Å². The van der Waals surface area contributed by atoms with E-state index in [1.807, 2.05) is 29.2 Å². The number of nitrogens with zero attached hydrogens (tertiary/aromatic N) is 1. The molecular weight excluding hydrogens is 326 g/mol. The van der Waals surface area contributed by atoms with Crippen LogP contribution in [0.2, 0.25) is 0 Å². The van der Waals surface area contributed by atoms with Crippen molar-refractivity contribution in [3.8, 4) is 0 Å². The van der Waals surface area contributed by atoms with E-state index in [4.69, 9.17) is 0 Å². The van der Waals surface area contributed by atoms with Gasteiger partial charge in [-0.05, 0) is 69.2 Å². The minimum Gasteiger partial charge on any atom is -0.376 e. The van der Waals surface area contributed by atoms with Gasteiger partial charge >= 0.3 is 0 Å². The summed E-state index contributed by atoms with van der Waals surface area (Å²) >= 11 is 0. The van der Waals surface area contributed by atoms with Gasteiger partial charge in [-0.25, -0.2) is 0 Å². The first-order chi connectivity index (χ1) is 12.7. The fourth-order valence-electron chi connectivity index (χ4n) is 3.57. The third kappa shape index (κ3) is 5.35. The highest BCUT2D eigenvalue weighted by Crippen LogP contribution is 2.19. The predicted octanol–water partition coefficient (Wildman–Crippen LogP) is 3.34. The van der Waals surface area contributed by atoms with Gasteiger partial charge in [0.1, 0.15) is 0 Å². The molecule has 2 amide bonds. The van der Waals surface area contributed by atoms with Crippen molar-refractivity contribution in [1.82, 2.24) is 10.2 Å². The van der Waals surface area contributed by atoms with Crippen LogP contribution < -0.4 is 10.6 Å². The Kier molecular flexibility index (Phi) is 6.69. The summed E-state index contributed by atoms with van der Waals surface area (Å²) in [7, 11) is 0. The van der Waals surface area contributed by atoms with Crippen molar-refractivity contribution in [3.05, 3.63) is 41.5 Å². The van der Waals surface area contributed by atoms with Crippen molar-refractivity contribution < 1.29 is 9.59 Å². The molecule has 1 aliphatic carbocycles. The summed E-state index contributed by atoms with van der Waals surface area (Å²) in [6.45, 7) is 2.67. The second-order valence-corrected chi connectivity index (χ2v) is 7.14. The molecule has 1 fully saturated rings.